The SMILES string of the molecule is C1COCCN1.Cc1ccc(S(=O)(=O)OCC(F)(F)C(F)F)cc1.FC(F)C(F)(F)CN1CCOCC1.IC(I)I. The molecule has 3 rings (SSSR count). The molecule has 41 heavy (non-hydrogen) atoms. The lowest BCUT2D eigenvalue weighted by Gasteiger charge is -2.29. The van der Waals surface area contributed by atoms with Gasteiger partial charge in [-0.25, -0.2) is 17.6 Å². The Bertz CT molecular complexity index is 912. The lowest BCUT2D eigenvalue weighted by Crippen LogP contribution is -2.46. The fraction of sp³-hybridized carbons (Fsp3) is 0.727. The lowest BCUT2D eigenvalue weighted by atomic mass is 10.2. The van der Waals surface area contributed by atoms with Crippen LogP contribution >= 0.6 is 67.8 Å². The molecule has 1 aromatic rings. The Morgan fingerprint density at radius 3 is 1.68 bits per heavy atom. The van der Waals surface area contributed by atoms with Gasteiger partial charge in [-0.05, 0) is 19.1 Å². The number of rotatable bonds is 8. The maximum Gasteiger partial charge on any atom is 0.331 e. The van der Waals surface area contributed by atoms with Crippen molar-refractivity contribution >= 4 is 77.9 Å². The number of benzene rings is 1. The molecule has 0 unspecified atom stereocenters. The van der Waals surface area contributed by atoms with Crippen LogP contribution < -0.4 is 5.32 Å². The molecule has 0 aliphatic carbocycles. The van der Waals surface area contributed by atoms with Gasteiger partial charge in [-0.1, -0.05) is 85.5 Å². The highest BCUT2D eigenvalue weighted by Crippen LogP contribution is 2.25. The third kappa shape index (κ3) is 20.3. The summed E-state index contributed by atoms with van der Waals surface area (Å²) in [4.78, 5) is 0.925. The zero-order valence-electron chi connectivity index (χ0n) is 21.7. The van der Waals surface area contributed by atoms with Crippen LogP contribution in [0.1, 0.15) is 5.56 Å². The summed E-state index contributed by atoms with van der Waals surface area (Å²) in [6, 6.07) is 5.15. The van der Waals surface area contributed by atoms with Crippen molar-refractivity contribution in [2.45, 2.75) is 36.5 Å². The van der Waals surface area contributed by atoms with Gasteiger partial charge in [0.15, 0.2) is 0 Å². The smallest absolute Gasteiger partial charge is 0.331 e. The standard InChI is InChI=1S/C10H10F4O3S.C7H11F4NO.C4H9NO.CHI3/c1-7-2-4-8(5-3-7)18(15,16)17-6-10(13,14)9(11)12;8-6(9)7(10,11)5-12-1-3-13-4-2-12;1-3-6-4-2-5-1;2-1(3)4/h2-5,9H,6H2,1H3;6H,1-5H2;5H,1-4H2;1H. The molecule has 0 amide bonds. The molecule has 2 aliphatic heterocycles. The van der Waals surface area contributed by atoms with Crippen molar-refractivity contribution in [3.63, 3.8) is 0 Å². The van der Waals surface area contributed by atoms with E-state index in [1.54, 1.807) is 6.92 Å². The minimum Gasteiger partial charge on any atom is -0.379 e. The monoisotopic (exact) mass is 968 g/mol. The van der Waals surface area contributed by atoms with E-state index in [0.29, 0.717) is 26.3 Å². The van der Waals surface area contributed by atoms with Gasteiger partial charge in [-0.2, -0.15) is 26.0 Å². The molecule has 0 aromatic heterocycles. The second-order valence-electron chi connectivity index (χ2n) is 8.15. The van der Waals surface area contributed by atoms with E-state index in [-0.39, 0.29) is 4.90 Å². The van der Waals surface area contributed by atoms with Gasteiger partial charge in [-0.15, -0.1) is 0 Å². The minimum atomic E-state index is -4.50. The van der Waals surface area contributed by atoms with Gasteiger partial charge in [-0.3, -0.25) is 9.08 Å². The van der Waals surface area contributed by atoms with E-state index in [2.05, 4.69) is 77.3 Å². The van der Waals surface area contributed by atoms with Gasteiger partial charge in [0, 0.05) is 26.2 Å². The van der Waals surface area contributed by atoms with Crippen LogP contribution in [0, 0.1) is 6.92 Å². The first-order valence-corrected chi connectivity index (χ1v) is 16.8. The zero-order chi connectivity index (χ0) is 31.7. The first-order valence-electron chi connectivity index (χ1n) is 11.7. The average Bonchev–Trinajstić information content (AvgIpc) is 2.89. The summed E-state index contributed by atoms with van der Waals surface area (Å²) >= 11 is 6.95. The Kier molecular flexibility index (Phi) is 21.7. The molecule has 2 saturated heterocycles. The minimum absolute atomic E-state index is 0.294. The predicted molar refractivity (Wildman–Crippen MR) is 163 cm³/mol. The molecule has 7 nitrogen and oxygen atoms in total. The van der Waals surface area contributed by atoms with Gasteiger partial charge >= 0.3 is 24.7 Å². The zero-order valence-corrected chi connectivity index (χ0v) is 29.0. The first-order chi connectivity index (χ1) is 18.9. The molecule has 0 bridgehead atoms. The van der Waals surface area contributed by atoms with Gasteiger partial charge in [0.2, 0.25) is 0 Å². The Morgan fingerprint density at radius 1 is 0.878 bits per heavy atom. The van der Waals surface area contributed by atoms with Crippen molar-refractivity contribution in [1.82, 2.24) is 10.2 Å². The molecule has 1 N–H and O–H groups in total. The Morgan fingerprint density at radius 2 is 1.32 bits per heavy atom. The van der Waals surface area contributed by atoms with Crippen LogP contribution in [0.15, 0.2) is 29.2 Å². The van der Waals surface area contributed by atoms with E-state index in [9.17, 15) is 43.5 Å². The number of hydrogen-bond acceptors (Lipinski definition) is 7. The highest BCUT2D eigenvalue weighted by atomic mass is 127. The van der Waals surface area contributed by atoms with Gasteiger partial charge in [0.05, 0.1) is 37.9 Å². The number of nitrogens with zero attached hydrogens (tertiary/aromatic N) is 1. The van der Waals surface area contributed by atoms with Gasteiger partial charge in [0.25, 0.3) is 10.1 Å². The number of alkyl halides is 11. The Balaban J connectivity index is 0.000000600. The molecule has 1 aromatic carbocycles. The summed E-state index contributed by atoms with van der Waals surface area (Å²) in [5, 5.41) is 3.16. The first kappa shape index (κ1) is 41.6. The summed E-state index contributed by atoms with van der Waals surface area (Å²) in [5.41, 5.74) is 0.756. The van der Waals surface area contributed by atoms with E-state index in [1.807, 2.05) is 0 Å². The summed E-state index contributed by atoms with van der Waals surface area (Å²) in [5.74, 6) is -8.41. The van der Waals surface area contributed by atoms with Crippen LogP contribution in [0.25, 0.3) is 0 Å². The number of hydrogen-bond donors (Lipinski definition) is 1. The van der Waals surface area contributed by atoms with Gasteiger partial charge in [0.1, 0.15) is 6.54 Å². The number of morpholine rings is 2. The number of aryl methyl sites for hydroxylation is 1. The van der Waals surface area contributed by atoms with E-state index in [0.717, 1.165) is 43.9 Å². The molecule has 0 saturated carbocycles. The van der Waals surface area contributed by atoms with E-state index in [4.69, 9.17) is 9.47 Å². The van der Waals surface area contributed by atoms with Crippen LogP contribution in [0.4, 0.5) is 35.1 Å². The summed E-state index contributed by atoms with van der Waals surface area (Å²) in [6.45, 7) is 4.01. The van der Waals surface area contributed by atoms with Crippen molar-refractivity contribution in [2.24, 2.45) is 0 Å². The maximum atomic E-state index is 12.5. The van der Waals surface area contributed by atoms with Crippen LogP contribution in [0.2, 0.25) is 0 Å². The fourth-order valence-corrected chi connectivity index (χ4v) is 3.55. The van der Waals surface area contributed by atoms with Gasteiger partial charge < -0.3 is 14.8 Å². The highest BCUT2D eigenvalue weighted by Gasteiger charge is 2.43. The molecular weight excluding hydrogens is 937 g/mol. The molecule has 0 spiro atoms. The molecular formula is C22H31F8I3N2O5S. The second kappa shape index (κ2) is 21.4. The third-order valence-corrected chi connectivity index (χ3v) is 6.02. The predicted octanol–water partition coefficient (Wildman–Crippen LogP) is 6.00. The van der Waals surface area contributed by atoms with Crippen molar-refractivity contribution in [2.75, 3.05) is 65.8 Å². The molecule has 2 heterocycles. The maximum absolute atomic E-state index is 12.5. The quantitative estimate of drug-likeness (QED) is 0.149. The van der Waals surface area contributed by atoms with E-state index in [1.165, 1.54) is 17.0 Å². The summed E-state index contributed by atoms with van der Waals surface area (Å²) in [7, 11) is -4.46. The molecule has 19 heteroatoms. The normalized spacial score (nSPS) is 16.8. The average molecular weight is 968 g/mol. The van der Waals surface area contributed by atoms with Crippen LogP contribution in [0.3, 0.4) is 0 Å². The van der Waals surface area contributed by atoms with E-state index < -0.39 is 48.0 Å². The highest BCUT2D eigenvalue weighted by molar-refractivity contribution is 14.3. The Labute approximate surface area is 275 Å². The topological polar surface area (TPSA) is 77.1 Å². The molecule has 0 atom stereocenters. The van der Waals surface area contributed by atoms with Crippen LogP contribution in [0.5, 0.6) is 0 Å². The van der Waals surface area contributed by atoms with Crippen molar-refractivity contribution < 1.29 is 57.2 Å². The summed E-state index contributed by atoms with van der Waals surface area (Å²) in [6.07, 6.45) is -7.57. The van der Waals surface area contributed by atoms with Crippen molar-refractivity contribution in [3.8, 4) is 0 Å². The van der Waals surface area contributed by atoms with E-state index >= 15 is 0 Å². The second-order valence-corrected chi connectivity index (χ2v) is 20.7. The molecule has 0 radical (unpaired) electrons. The molecule has 2 fully saturated rings. The van der Waals surface area contributed by atoms with Crippen LogP contribution in [-0.4, -0.2) is 104 Å². The molecule has 2 aliphatic rings. The number of nitrogens with one attached hydrogen (secondary N) is 1. The molecule has 242 valence electrons. The fourth-order valence-electron chi connectivity index (χ4n) is 2.63. The number of ether oxygens (including phenoxy) is 2. The Hall–Kier alpha value is 0.600. The largest absolute Gasteiger partial charge is 0.379 e. The summed E-state index contributed by atoms with van der Waals surface area (Å²) < 4.78 is 135. The number of halogens is 11. The van der Waals surface area contributed by atoms with Crippen molar-refractivity contribution in [3.05, 3.63) is 29.8 Å². The van der Waals surface area contributed by atoms with Crippen molar-refractivity contribution in [1.29, 1.82) is 0 Å². The third-order valence-electron chi connectivity index (χ3n) is 4.74. The van der Waals surface area contributed by atoms with Crippen LogP contribution in [-0.2, 0) is 23.8 Å². The lowest BCUT2D eigenvalue weighted by molar-refractivity contribution is -0.148.